The Labute approximate surface area is 431 Å². The number of hydrogen-bond acceptors (Lipinski definition) is 14. The molecule has 21 heteroatoms. The summed E-state index contributed by atoms with van der Waals surface area (Å²) in [5.74, 6) is -1.28. The van der Waals surface area contributed by atoms with E-state index >= 15 is 0 Å². The minimum atomic E-state index is -4.76. The summed E-state index contributed by atoms with van der Waals surface area (Å²) >= 11 is 0. The molecule has 5 heterocycles. The van der Waals surface area contributed by atoms with Crippen LogP contribution in [-0.2, 0) is 20.0 Å². The van der Waals surface area contributed by atoms with E-state index in [9.17, 15) is 41.2 Å². The highest BCUT2D eigenvalue weighted by Gasteiger charge is 2.51. The standard InChI is InChI=1S/C53H65FN8O10S2/c1-32(2)39-8-6-7-9-40(39)46-30-60(74(69,70)33(3)4)20-21-61(46)36-26-53(27-36)16-18-59(19-17-53)35-10-11-41(47(22-35)72-37-23-42-43(54)29-56-50(42)55-28-37)51(63)58-73(67,68)38-24-45(62(65)66)49-48(25-38)71-31-44(57-49)34-12-14-52(5,64)15-13-34/h6-11,22-25,28-29,32-34,36,44,46,57,64H,12-21,26-27,30-31H2,1-5H3,(H,55,56)(H,58,63)/t34?,44-,46-,52?/m1/s1. The molecule has 1 amide bonds. The molecule has 3 aromatic carbocycles. The third-order valence-corrected chi connectivity index (χ3v) is 20.0. The van der Waals surface area contributed by atoms with Gasteiger partial charge in [0.1, 0.15) is 29.6 Å². The maximum absolute atomic E-state index is 14.7. The molecule has 0 unspecified atom stereocenters. The summed E-state index contributed by atoms with van der Waals surface area (Å²) in [5, 5.41) is 25.7. The van der Waals surface area contributed by atoms with Gasteiger partial charge in [-0.2, -0.15) is 4.31 Å². The summed E-state index contributed by atoms with van der Waals surface area (Å²) in [6.45, 7) is 12.6. The number of pyridine rings is 1. The molecule has 74 heavy (non-hydrogen) atoms. The average Bonchev–Trinajstić information content (AvgIpc) is 3.74. The van der Waals surface area contributed by atoms with Crippen LogP contribution in [0, 0.1) is 27.3 Å². The molecular weight excluding hydrogens is 992 g/mol. The Morgan fingerprint density at radius 3 is 2.42 bits per heavy atom. The summed E-state index contributed by atoms with van der Waals surface area (Å²) in [6.07, 6.45) is 8.77. The largest absolute Gasteiger partial charge is 0.489 e. The molecule has 18 nitrogen and oxygen atoms in total. The van der Waals surface area contributed by atoms with Gasteiger partial charge in [-0.25, -0.2) is 30.9 Å². The minimum absolute atomic E-state index is 0.0261. The third kappa shape index (κ3) is 10.0. The summed E-state index contributed by atoms with van der Waals surface area (Å²) < 4.78 is 85.8. The van der Waals surface area contributed by atoms with Crippen molar-refractivity contribution in [2.24, 2.45) is 11.3 Å². The van der Waals surface area contributed by atoms with Crippen molar-refractivity contribution >= 4 is 54.0 Å². The number of aliphatic hydroxyl groups is 1. The highest BCUT2D eigenvalue weighted by Crippen LogP contribution is 2.54. The number of benzene rings is 3. The smallest absolute Gasteiger partial charge is 0.297 e. The fourth-order valence-electron chi connectivity index (χ4n) is 12.0. The molecule has 2 saturated heterocycles. The Morgan fingerprint density at radius 2 is 1.72 bits per heavy atom. The van der Waals surface area contributed by atoms with Crippen LogP contribution in [0.15, 0.2) is 78.0 Å². The number of nitrogens with zero attached hydrogens (tertiary/aromatic N) is 5. The first-order valence-corrected chi connectivity index (χ1v) is 28.6. The van der Waals surface area contributed by atoms with Gasteiger partial charge in [-0.1, -0.05) is 38.1 Å². The molecule has 5 aliphatic rings. The molecule has 4 N–H and O–H groups in total. The van der Waals surface area contributed by atoms with E-state index in [1.807, 2.05) is 12.1 Å². The van der Waals surface area contributed by atoms with Crippen LogP contribution in [0.1, 0.15) is 119 Å². The Hall–Kier alpha value is -5.87. The van der Waals surface area contributed by atoms with Gasteiger partial charge in [-0.05, 0) is 119 Å². The fourth-order valence-corrected chi connectivity index (χ4v) is 14.3. The number of anilines is 2. The van der Waals surface area contributed by atoms with Gasteiger partial charge in [-0.3, -0.25) is 19.8 Å². The van der Waals surface area contributed by atoms with E-state index in [0.717, 1.165) is 44.0 Å². The van der Waals surface area contributed by atoms with Gasteiger partial charge in [0.05, 0.1) is 43.9 Å². The summed E-state index contributed by atoms with van der Waals surface area (Å²) in [7, 11) is -8.21. The Morgan fingerprint density at radius 1 is 0.986 bits per heavy atom. The second kappa shape index (κ2) is 19.7. The van der Waals surface area contributed by atoms with E-state index < -0.39 is 58.1 Å². The van der Waals surface area contributed by atoms with Gasteiger partial charge in [0.15, 0.2) is 11.4 Å². The van der Waals surface area contributed by atoms with Crippen molar-refractivity contribution in [2.45, 2.75) is 126 Å². The Bertz CT molecular complexity index is 3200. The van der Waals surface area contributed by atoms with Crippen molar-refractivity contribution in [2.75, 3.05) is 49.5 Å². The molecule has 1 spiro atoms. The van der Waals surface area contributed by atoms with Gasteiger partial charge >= 0.3 is 0 Å². The highest BCUT2D eigenvalue weighted by molar-refractivity contribution is 7.90. The maximum Gasteiger partial charge on any atom is 0.297 e. The lowest BCUT2D eigenvalue weighted by molar-refractivity contribution is -0.384. The normalized spacial score (nSPS) is 23.8. The molecule has 5 aromatic rings. The average molecular weight is 1060 g/mol. The number of nitro benzene ring substituents is 1. The molecule has 2 atom stereocenters. The van der Waals surface area contributed by atoms with Crippen LogP contribution < -0.4 is 24.4 Å². The van der Waals surface area contributed by atoms with Gasteiger partial charge in [-0.15, -0.1) is 0 Å². The van der Waals surface area contributed by atoms with Crippen molar-refractivity contribution in [1.29, 1.82) is 0 Å². The van der Waals surface area contributed by atoms with Crippen LogP contribution in [0.2, 0.25) is 0 Å². The summed E-state index contributed by atoms with van der Waals surface area (Å²) in [5.41, 5.74) is 2.05. The number of aromatic amines is 1. The van der Waals surface area contributed by atoms with Crippen LogP contribution in [0.25, 0.3) is 11.0 Å². The van der Waals surface area contributed by atoms with Crippen molar-refractivity contribution in [3.8, 4) is 17.2 Å². The number of aromatic nitrogens is 2. The number of ether oxygens (including phenoxy) is 2. The van der Waals surface area contributed by atoms with Crippen LogP contribution in [0.4, 0.5) is 21.5 Å². The number of nitro groups is 1. The number of rotatable bonds is 13. The molecule has 4 fully saturated rings. The number of piperidine rings is 1. The molecule has 2 aliphatic carbocycles. The molecule has 396 valence electrons. The van der Waals surface area contributed by atoms with E-state index in [-0.39, 0.29) is 81.5 Å². The number of fused-ring (bicyclic) bond motifs is 2. The van der Waals surface area contributed by atoms with E-state index in [1.54, 1.807) is 37.2 Å². The second-order valence-electron chi connectivity index (χ2n) is 21.9. The first-order valence-electron chi connectivity index (χ1n) is 25.6. The van der Waals surface area contributed by atoms with Gasteiger partial charge in [0, 0.05) is 74.9 Å². The second-order valence-corrected chi connectivity index (χ2v) is 26.1. The van der Waals surface area contributed by atoms with Gasteiger partial charge in [0.25, 0.3) is 21.6 Å². The number of carbonyl (C=O) groups excluding carboxylic acids is 1. The van der Waals surface area contributed by atoms with Crippen LogP contribution in [-0.4, -0.2) is 114 Å². The zero-order chi connectivity index (χ0) is 52.5. The summed E-state index contributed by atoms with van der Waals surface area (Å²) in [4.78, 5) is 37.1. The number of sulfonamides is 2. The molecule has 0 bridgehead atoms. The number of carbonyl (C=O) groups is 1. The number of H-pyrrole nitrogens is 1. The van der Waals surface area contributed by atoms with Crippen LogP contribution in [0.3, 0.4) is 0 Å². The lowest BCUT2D eigenvalue weighted by Crippen LogP contribution is -2.61. The van der Waals surface area contributed by atoms with Crippen molar-refractivity contribution in [3.05, 3.63) is 106 Å². The van der Waals surface area contributed by atoms with Gasteiger partial charge in [0.2, 0.25) is 10.0 Å². The minimum Gasteiger partial charge on any atom is -0.489 e. The topological polar surface area (TPSA) is 230 Å². The van der Waals surface area contributed by atoms with Crippen molar-refractivity contribution < 1.29 is 45.5 Å². The number of piperazine rings is 1. The zero-order valence-corrected chi connectivity index (χ0v) is 44.0. The van der Waals surface area contributed by atoms with E-state index in [2.05, 4.69) is 55.8 Å². The monoisotopic (exact) mass is 1060 g/mol. The van der Waals surface area contributed by atoms with E-state index in [4.69, 9.17) is 9.47 Å². The first kappa shape index (κ1) is 51.6. The van der Waals surface area contributed by atoms with E-state index in [1.165, 1.54) is 29.5 Å². The first-order chi connectivity index (χ1) is 35.1. The highest BCUT2D eigenvalue weighted by atomic mass is 32.2. The summed E-state index contributed by atoms with van der Waals surface area (Å²) in [6, 6.07) is 16.6. The lowest BCUT2D eigenvalue weighted by Gasteiger charge is -2.58. The Balaban J connectivity index is 0.865. The third-order valence-electron chi connectivity index (χ3n) is 16.4. The molecular formula is C53H65FN8O10S2. The number of amides is 1. The molecule has 2 saturated carbocycles. The molecule has 0 radical (unpaired) electrons. The lowest BCUT2D eigenvalue weighted by atomic mass is 9.59. The molecule has 2 aromatic heterocycles. The van der Waals surface area contributed by atoms with Gasteiger partial charge < -0.3 is 29.8 Å². The van der Waals surface area contributed by atoms with Crippen LogP contribution >= 0.6 is 0 Å². The van der Waals surface area contributed by atoms with Crippen LogP contribution in [0.5, 0.6) is 17.2 Å². The number of nitrogens with one attached hydrogen (secondary N) is 3. The SMILES string of the molecule is CC(C)c1ccccc1[C@H]1CN(S(=O)(=O)C(C)C)CCN1C1CC2(CCN(c3ccc(C(=O)NS(=O)(=O)c4cc5c(c([N+](=O)[O-])c4)N[C@@H](C4CCC(C)(O)CC4)CO5)c(Oc4cnc5[nH]cc(F)c5c4)c3)CC2)C1. The predicted octanol–water partition coefficient (Wildman–Crippen LogP) is 8.60. The fraction of sp³-hybridized carbons (Fsp3) is 0.509. The number of halogens is 1. The molecule has 3 aliphatic heterocycles. The quantitative estimate of drug-likeness (QED) is 0.0640. The van der Waals surface area contributed by atoms with Crippen molar-refractivity contribution in [3.63, 3.8) is 0 Å². The van der Waals surface area contributed by atoms with E-state index in [0.29, 0.717) is 64.1 Å². The maximum atomic E-state index is 14.7. The molecule has 10 rings (SSSR count). The predicted molar refractivity (Wildman–Crippen MR) is 278 cm³/mol. The van der Waals surface area contributed by atoms with Crippen molar-refractivity contribution in [1.82, 2.24) is 23.9 Å². The number of hydrogen-bond donors (Lipinski definition) is 4. The zero-order valence-electron chi connectivity index (χ0n) is 42.3. The Kier molecular flexibility index (Phi) is 13.7.